The lowest BCUT2D eigenvalue weighted by molar-refractivity contribution is 0.581. The molecular weight excluding hydrogens is 552 g/mol. The number of nitrogens with zero attached hydrogens (tertiary/aromatic N) is 2. The molecule has 0 aliphatic heterocycles. The van der Waals surface area contributed by atoms with Gasteiger partial charge in [-0.1, -0.05) is 46.4 Å². The molecule has 4 rings (SSSR count). The van der Waals surface area contributed by atoms with E-state index in [2.05, 4.69) is 9.82 Å². The summed E-state index contributed by atoms with van der Waals surface area (Å²) < 4.78 is 55.2. The van der Waals surface area contributed by atoms with Gasteiger partial charge in [-0.15, -0.1) is 0 Å². The van der Waals surface area contributed by atoms with E-state index in [0.29, 0.717) is 11.1 Å². The molecule has 0 atom stereocenters. The lowest BCUT2D eigenvalue weighted by atomic mass is 10.2. The minimum atomic E-state index is -4.12. The zero-order valence-electron chi connectivity index (χ0n) is 16.6. The number of fused-ring (bicyclic) bond motifs is 1. The Balaban J connectivity index is 1.77. The van der Waals surface area contributed by atoms with Crippen LogP contribution in [0.1, 0.15) is 5.69 Å². The van der Waals surface area contributed by atoms with Gasteiger partial charge in [0.15, 0.2) is 0 Å². The molecule has 4 aromatic rings. The van der Waals surface area contributed by atoms with Crippen LogP contribution in [0.25, 0.3) is 10.9 Å². The predicted molar refractivity (Wildman–Crippen MR) is 131 cm³/mol. The van der Waals surface area contributed by atoms with Gasteiger partial charge in [-0.2, -0.15) is 17.6 Å². The largest absolute Gasteiger partial charge is 0.283 e. The summed E-state index contributed by atoms with van der Waals surface area (Å²) in [7, 11) is -8.13. The lowest BCUT2D eigenvalue weighted by Crippen LogP contribution is -2.15. The van der Waals surface area contributed by atoms with Gasteiger partial charge in [-0.05, 0) is 61.5 Å². The SMILES string of the molecule is Cc1nn(S(=O)(=O)c2cc(Cl)cc(Cl)c2)c2ccc(NS(=O)(=O)c3cc(Cl)cc(Cl)c3)cc12. The molecule has 0 saturated heterocycles. The number of nitrogens with one attached hydrogen (secondary N) is 1. The number of rotatable bonds is 5. The van der Waals surface area contributed by atoms with Crippen molar-refractivity contribution in [3.63, 3.8) is 0 Å². The summed E-state index contributed by atoms with van der Waals surface area (Å²) in [5.41, 5.74) is 0.815. The Morgan fingerprint density at radius 2 is 1.27 bits per heavy atom. The molecule has 0 aliphatic carbocycles. The Bertz CT molecular complexity index is 1590. The van der Waals surface area contributed by atoms with Gasteiger partial charge in [-0.3, -0.25) is 4.72 Å². The number of sulfonamides is 1. The lowest BCUT2D eigenvalue weighted by Gasteiger charge is -2.10. The Morgan fingerprint density at radius 1 is 0.758 bits per heavy atom. The first-order chi connectivity index (χ1) is 15.4. The molecule has 1 heterocycles. The summed E-state index contributed by atoms with van der Waals surface area (Å²) in [5.74, 6) is 0. The van der Waals surface area contributed by atoms with Gasteiger partial charge in [0, 0.05) is 31.2 Å². The quantitative estimate of drug-likeness (QED) is 0.321. The van der Waals surface area contributed by atoms with E-state index in [1.807, 2.05) is 0 Å². The van der Waals surface area contributed by atoms with E-state index in [-0.39, 0.29) is 41.1 Å². The van der Waals surface area contributed by atoms with Crippen LogP contribution in [0.5, 0.6) is 0 Å². The first kappa shape index (κ1) is 24.1. The number of aromatic nitrogens is 2. The normalized spacial score (nSPS) is 12.3. The van der Waals surface area contributed by atoms with Crippen molar-refractivity contribution >= 4 is 83.0 Å². The third-order valence-electron chi connectivity index (χ3n) is 4.59. The summed E-state index contributed by atoms with van der Waals surface area (Å²) in [6.45, 7) is 1.61. The highest BCUT2D eigenvalue weighted by Crippen LogP contribution is 2.30. The Hall–Kier alpha value is -2.01. The van der Waals surface area contributed by atoms with Gasteiger partial charge in [0.05, 0.1) is 21.0 Å². The average molecular weight is 565 g/mol. The van der Waals surface area contributed by atoms with E-state index in [0.717, 1.165) is 4.09 Å². The maximum atomic E-state index is 13.2. The van der Waals surface area contributed by atoms with Crippen LogP contribution in [-0.4, -0.2) is 26.0 Å². The van der Waals surface area contributed by atoms with Crippen molar-refractivity contribution in [2.45, 2.75) is 16.7 Å². The molecule has 0 radical (unpaired) electrons. The number of aryl methyl sites for hydroxylation is 1. The monoisotopic (exact) mass is 563 g/mol. The molecule has 0 unspecified atom stereocenters. The van der Waals surface area contributed by atoms with E-state index < -0.39 is 20.0 Å². The topological polar surface area (TPSA) is 98.1 Å². The first-order valence-corrected chi connectivity index (χ1v) is 13.5. The second-order valence-corrected chi connectivity index (χ2v) is 12.2. The van der Waals surface area contributed by atoms with Crippen LogP contribution in [0, 0.1) is 6.92 Å². The molecule has 0 bridgehead atoms. The van der Waals surface area contributed by atoms with Crippen molar-refractivity contribution < 1.29 is 16.8 Å². The van der Waals surface area contributed by atoms with Crippen molar-refractivity contribution in [1.82, 2.24) is 9.19 Å². The minimum absolute atomic E-state index is 0.118. The molecule has 1 N–H and O–H groups in total. The third kappa shape index (κ3) is 4.80. The summed E-state index contributed by atoms with van der Waals surface area (Å²) in [6, 6.07) is 12.2. The van der Waals surface area contributed by atoms with Crippen LogP contribution in [0.15, 0.2) is 64.4 Å². The van der Waals surface area contributed by atoms with Crippen molar-refractivity contribution in [3.8, 4) is 0 Å². The smallest absolute Gasteiger partial charge is 0.280 e. The van der Waals surface area contributed by atoms with Gasteiger partial charge in [-0.25, -0.2) is 8.42 Å². The molecule has 0 aliphatic rings. The van der Waals surface area contributed by atoms with E-state index in [1.165, 1.54) is 54.6 Å². The van der Waals surface area contributed by atoms with E-state index in [9.17, 15) is 16.8 Å². The fourth-order valence-electron chi connectivity index (χ4n) is 3.16. The fraction of sp³-hybridized carbons (Fsp3) is 0.0500. The van der Waals surface area contributed by atoms with E-state index in [1.54, 1.807) is 6.92 Å². The average Bonchev–Trinajstić information content (AvgIpc) is 3.03. The fourth-order valence-corrected chi connectivity index (χ4v) is 6.99. The number of hydrogen-bond donors (Lipinski definition) is 1. The molecular formula is C20H13Cl4N3O4S2. The third-order valence-corrected chi connectivity index (χ3v) is 8.39. The molecule has 172 valence electrons. The van der Waals surface area contributed by atoms with Gasteiger partial charge in [0.2, 0.25) is 0 Å². The molecule has 0 saturated carbocycles. The number of benzene rings is 3. The van der Waals surface area contributed by atoms with Crippen molar-refractivity contribution in [1.29, 1.82) is 0 Å². The van der Waals surface area contributed by atoms with Gasteiger partial charge >= 0.3 is 0 Å². The standard InChI is InChI=1S/C20H13Cl4N3O4S2/c1-11-19-10-16(26-32(28,29)17-6-12(21)4-13(22)7-17)2-3-20(19)27(25-11)33(30,31)18-8-14(23)5-15(24)9-18/h2-10,26H,1H3. The van der Waals surface area contributed by atoms with Gasteiger partial charge < -0.3 is 0 Å². The zero-order valence-corrected chi connectivity index (χ0v) is 21.2. The minimum Gasteiger partial charge on any atom is -0.280 e. The van der Waals surface area contributed by atoms with Crippen molar-refractivity contribution in [2.75, 3.05) is 4.72 Å². The molecule has 13 heteroatoms. The van der Waals surface area contributed by atoms with Crippen LogP contribution in [-0.2, 0) is 20.0 Å². The highest BCUT2D eigenvalue weighted by atomic mass is 35.5. The summed E-state index contributed by atoms with van der Waals surface area (Å²) in [4.78, 5) is -0.250. The summed E-state index contributed by atoms with van der Waals surface area (Å²) in [5, 5.41) is 5.23. The van der Waals surface area contributed by atoms with Crippen molar-refractivity contribution in [3.05, 3.63) is 80.4 Å². The predicted octanol–water partition coefficient (Wildman–Crippen LogP) is 6.00. The highest BCUT2D eigenvalue weighted by molar-refractivity contribution is 7.92. The van der Waals surface area contributed by atoms with Gasteiger partial charge in [0.25, 0.3) is 20.0 Å². The number of halogens is 4. The molecule has 33 heavy (non-hydrogen) atoms. The van der Waals surface area contributed by atoms with E-state index in [4.69, 9.17) is 46.4 Å². The van der Waals surface area contributed by atoms with Crippen molar-refractivity contribution in [2.24, 2.45) is 0 Å². The van der Waals surface area contributed by atoms with Gasteiger partial charge in [0.1, 0.15) is 0 Å². The number of hydrogen-bond acceptors (Lipinski definition) is 5. The molecule has 0 amide bonds. The maximum Gasteiger partial charge on any atom is 0.283 e. The molecule has 0 spiro atoms. The Morgan fingerprint density at radius 3 is 1.82 bits per heavy atom. The summed E-state index contributed by atoms with van der Waals surface area (Å²) >= 11 is 23.7. The maximum absolute atomic E-state index is 13.2. The molecule has 0 fully saturated rings. The molecule has 7 nitrogen and oxygen atoms in total. The van der Waals surface area contributed by atoms with Crippen LogP contribution in [0.4, 0.5) is 5.69 Å². The second-order valence-electron chi connectivity index (χ2n) is 6.98. The van der Waals surface area contributed by atoms with Crippen LogP contribution >= 0.6 is 46.4 Å². The zero-order chi connectivity index (χ0) is 24.1. The Labute approximate surface area is 209 Å². The van der Waals surface area contributed by atoms with Crippen LogP contribution in [0.3, 0.4) is 0 Å². The highest BCUT2D eigenvalue weighted by Gasteiger charge is 2.24. The van der Waals surface area contributed by atoms with E-state index >= 15 is 0 Å². The summed E-state index contributed by atoms with van der Waals surface area (Å²) in [6.07, 6.45) is 0. The van der Waals surface area contributed by atoms with Crippen LogP contribution in [0.2, 0.25) is 20.1 Å². The van der Waals surface area contributed by atoms with Crippen LogP contribution < -0.4 is 4.72 Å². The number of anilines is 1. The Kier molecular flexibility index (Phi) is 6.32. The molecule has 1 aromatic heterocycles. The first-order valence-electron chi connectivity index (χ1n) is 9.07. The second kappa shape index (κ2) is 8.65. The molecule has 3 aromatic carbocycles.